The van der Waals surface area contributed by atoms with Gasteiger partial charge in [0.05, 0.1) is 0 Å². The van der Waals surface area contributed by atoms with Gasteiger partial charge in [-0.05, 0) is 38.5 Å². The van der Waals surface area contributed by atoms with E-state index in [4.69, 9.17) is 9.84 Å². The van der Waals surface area contributed by atoms with E-state index in [1.807, 2.05) is 6.92 Å². The zero-order chi connectivity index (χ0) is 25.8. The zero-order valence-electron chi connectivity index (χ0n) is 23.6. The second-order valence-corrected chi connectivity index (χ2v) is 10.7. The quantitative estimate of drug-likeness (QED) is 0.0864. The Morgan fingerprint density at radius 1 is 0.514 bits per heavy atom. The summed E-state index contributed by atoms with van der Waals surface area (Å²) in [4.78, 5) is 22.6. The molecule has 4 nitrogen and oxygen atoms in total. The molecule has 4 heteroatoms. The maximum atomic E-state index is 12.0. The predicted octanol–water partition coefficient (Wildman–Crippen LogP) is 10.2. The number of rotatable bonds is 28. The van der Waals surface area contributed by atoms with E-state index >= 15 is 0 Å². The van der Waals surface area contributed by atoms with Gasteiger partial charge in [0.15, 0.2) is 0 Å². The van der Waals surface area contributed by atoms with Crippen molar-refractivity contribution in [2.24, 2.45) is 0 Å². The van der Waals surface area contributed by atoms with Gasteiger partial charge in [0.1, 0.15) is 6.10 Å². The smallest absolute Gasteiger partial charge is 0.306 e. The second-order valence-electron chi connectivity index (χ2n) is 10.7. The molecule has 0 saturated heterocycles. The molecule has 0 bridgehead atoms. The van der Waals surface area contributed by atoms with E-state index in [0.717, 1.165) is 57.8 Å². The maximum Gasteiger partial charge on any atom is 0.306 e. The SMILES string of the molecule is CCCCCCCCCCCCCCCCCCC(CCCCCCCC(=O)O)OC(=O)CCC. The van der Waals surface area contributed by atoms with Crippen LogP contribution in [-0.4, -0.2) is 23.1 Å². The van der Waals surface area contributed by atoms with E-state index in [1.165, 1.54) is 96.3 Å². The fourth-order valence-corrected chi connectivity index (χ4v) is 4.81. The number of carbonyl (C=O) groups is 2. The number of carboxylic acid groups (broad SMARTS) is 1. The lowest BCUT2D eigenvalue weighted by atomic mass is 10.0. The first-order valence-electron chi connectivity index (χ1n) is 15.5. The van der Waals surface area contributed by atoms with Gasteiger partial charge in [-0.3, -0.25) is 9.59 Å². The average molecular weight is 497 g/mol. The Bertz CT molecular complexity index is 463. The Kier molecular flexibility index (Phi) is 26.7. The first-order valence-corrected chi connectivity index (χ1v) is 15.5. The molecule has 0 heterocycles. The van der Waals surface area contributed by atoms with Crippen molar-refractivity contribution in [1.82, 2.24) is 0 Å². The van der Waals surface area contributed by atoms with Crippen LogP contribution in [0.3, 0.4) is 0 Å². The van der Waals surface area contributed by atoms with Crippen LogP contribution in [0.25, 0.3) is 0 Å². The highest BCUT2D eigenvalue weighted by Gasteiger charge is 2.13. The molecule has 1 atom stereocenters. The second kappa shape index (κ2) is 27.5. The number of unbranched alkanes of at least 4 members (excludes halogenated alkanes) is 19. The lowest BCUT2D eigenvalue weighted by Gasteiger charge is -2.18. The molecule has 0 aromatic carbocycles. The van der Waals surface area contributed by atoms with Crippen molar-refractivity contribution < 1.29 is 19.4 Å². The molecular formula is C31H60O4. The normalized spacial score (nSPS) is 12.1. The van der Waals surface area contributed by atoms with Crippen LogP contribution in [0.1, 0.15) is 181 Å². The first-order chi connectivity index (χ1) is 17.1. The Morgan fingerprint density at radius 3 is 1.26 bits per heavy atom. The van der Waals surface area contributed by atoms with Crippen LogP contribution in [0.2, 0.25) is 0 Å². The molecule has 0 saturated carbocycles. The Labute approximate surface area is 218 Å². The fraction of sp³-hybridized carbons (Fsp3) is 0.935. The Hall–Kier alpha value is -1.06. The molecule has 0 fully saturated rings. The van der Waals surface area contributed by atoms with Crippen molar-refractivity contribution in [1.29, 1.82) is 0 Å². The molecule has 0 aliphatic carbocycles. The van der Waals surface area contributed by atoms with Crippen LogP contribution in [0.5, 0.6) is 0 Å². The van der Waals surface area contributed by atoms with E-state index in [1.54, 1.807) is 0 Å². The van der Waals surface area contributed by atoms with E-state index in [-0.39, 0.29) is 18.5 Å². The van der Waals surface area contributed by atoms with Gasteiger partial charge in [-0.2, -0.15) is 0 Å². The largest absolute Gasteiger partial charge is 0.481 e. The average Bonchev–Trinajstić information content (AvgIpc) is 2.82. The summed E-state index contributed by atoms with van der Waals surface area (Å²) in [6.45, 7) is 4.30. The van der Waals surface area contributed by atoms with Crippen molar-refractivity contribution in [3.05, 3.63) is 0 Å². The minimum Gasteiger partial charge on any atom is -0.481 e. The highest BCUT2D eigenvalue weighted by molar-refractivity contribution is 5.69. The van der Waals surface area contributed by atoms with Crippen LogP contribution in [0, 0.1) is 0 Å². The third-order valence-electron chi connectivity index (χ3n) is 7.05. The van der Waals surface area contributed by atoms with Crippen molar-refractivity contribution in [3.63, 3.8) is 0 Å². The molecule has 0 rings (SSSR count). The lowest BCUT2D eigenvalue weighted by Crippen LogP contribution is -2.18. The zero-order valence-corrected chi connectivity index (χ0v) is 23.6. The molecule has 208 valence electrons. The van der Waals surface area contributed by atoms with E-state index in [0.29, 0.717) is 6.42 Å². The highest BCUT2D eigenvalue weighted by Crippen LogP contribution is 2.18. The topological polar surface area (TPSA) is 63.6 Å². The number of hydrogen-bond acceptors (Lipinski definition) is 3. The predicted molar refractivity (Wildman–Crippen MR) is 149 cm³/mol. The minimum absolute atomic E-state index is 0.0459. The molecular weight excluding hydrogens is 436 g/mol. The fourth-order valence-electron chi connectivity index (χ4n) is 4.81. The Morgan fingerprint density at radius 2 is 0.886 bits per heavy atom. The molecule has 0 spiro atoms. The van der Waals surface area contributed by atoms with Crippen LogP contribution in [0.15, 0.2) is 0 Å². The monoisotopic (exact) mass is 496 g/mol. The number of esters is 1. The van der Waals surface area contributed by atoms with Crippen LogP contribution in [0.4, 0.5) is 0 Å². The first kappa shape index (κ1) is 33.9. The van der Waals surface area contributed by atoms with Crippen molar-refractivity contribution in [2.75, 3.05) is 0 Å². The molecule has 0 radical (unpaired) electrons. The number of aliphatic carboxylic acids is 1. The third-order valence-corrected chi connectivity index (χ3v) is 7.05. The van der Waals surface area contributed by atoms with E-state index in [9.17, 15) is 9.59 Å². The minimum atomic E-state index is -0.702. The maximum absolute atomic E-state index is 12.0. The summed E-state index contributed by atoms with van der Waals surface area (Å²) in [6, 6.07) is 0. The van der Waals surface area contributed by atoms with E-state index < -0.39 is 5.97 Å². The Balaban J connectivity index is 3.67. The molecule has 0 aromatic rings. The van der Waals surface area contributed by atoms with Crippen molar-refractivity contribution >= 4 is 11.9 Å². The van der Waals surface area contributed by atoms with Crippen molar-refractivity contribution in [2.45, 2.75) is 187 Å². The third kappa shape index (κ3) is 27.4. The van der Waals surface area contributed by atoms with Gasteiger partial charge in [-0.1, -0.05) is 129 Å². The summed E-state index contributed by atoms with van der Waals surface area (Å²) in [7, 11) is 0. The van der Waals surface area contributed by atoms with Gasteiger partial charge in [0.25, 0.3) is 0 Å². The molecule has 0 amide bonds. The number of carbonyl (C=O) groups excluding carboxylic acids is 1. The van der Waals surface area contributed by atoms with Gasteiger partial charge < -0.3 is 9.84 Å². The summed E-state index contributed by atoms with van der Waals surface area (Å²) in [5.74, 6) is -0.748. The van der Waals surface area contributed by atoms with Gasteiger partial charge in [0.2, 0.25) is 0 Å². The molecule has 0 aliphatic heterocycles. The number of ether oxygens (including phenoxy) is 1. The summed E-state index contributed by atoms with van der Waals surface area (Å²) in [5.41, 5.74) is 0. The summed E-state index contributed by atoms with van der Waals surface area (Å²) in [5, 5.41) is 8.70. The molecule has 0 aliphatic rings. The van der Waals surface area contributed by atoms with Gasteiger partial charge in [-0.25, -0.2) is 0 Å². The molecule has 1 unspecified atom stereocenters. The molecule has 0 aromatic heterocycles. The number of hydrogen-bond donors (Lipinski definition) is 1. The highest BCUT2D eigenvalue weighted by atomic mass is 16.5. The van der Waals surface area contributed by atoms with Crippen LogP contribution in [-0.2, 0) is 14.3 Å². The van der Waals surface area contributed by atoms with E-state index in [2.05, 4.69) is 6.92 Å². The van der Waals surface area contributed by atoms with Crippen LogP contribution < -0.4 is 0 Å². The van der Waals surface area contributed by atoms with Gasteiger partial charge in [-0.15, -0.1) is 0 Å². The lowest BCUT2D eigenvalue weighted by molar-refractivity contribution is -0.150. The van der Waals surface area contributed by atoms with Gasteiger partial charge >= 0.3 is 11.9 Å². The van der Waals surface area contributed by atoms with Crippen molar-refractivity contribution in [3.8, 4) is 0 Å². The summed E-state index contributed by atoms with van der Waals surface area (Å²) in [6.07, 6.45) is 30.6. The van der Waals surface area contributed by atoms with Gasteiger partial charge in [0, 0.05) is 12.8 Å². The molecule has 35 heavy (non-hydrogen) atoms. The standard InChI is InChI=1S/C31H60O4/c1-3-5-6-7-8-9-10-11-12-13-14-15-16-17-19-22-26-29(35-31(34)25-4-2)27-23-20-18-21-24-28-30(32)33/h29H,3-28H2,1-2H3,(H,32,33). The van der Waals surface area contributed by atoms with Crippen LogP contribution >= 0.6 is 0 Å². The summed E-state index contributed by atoms with van der Waals surface area (Å²) >= 11 is 0. The summed E-state index contributed by atoms with van der Waals surface area (Å²) < 4.78 is 5.76. The number of carboxylic acids is 1. The molecule has 1 N–H and O–H groups in total.